The zero-order valence-electron chi connectivity index (χ0n) is 15.8. The smallest absolute Gasteiger partial charge is 0.251 e. The number of rotatable bonds is 8. The molecule has 0 saturated carbocycles. The molecule has 146 valence electrons. The van der Waals surface area contributed by atoms with Gasteiger partial charge in [0.05, 0.1) is 18.5 Å². The molecule has 0 radical (unpaired) electrons. The quantitative estimate of drug-likeness (QED) is 0.710. The Morgan fingerprint density at radius 3 is 2.22 bits per heavy atom. The van der Waals surface area contributed by atoms with Crippen molar-refractivity contribution in [3.63, 3.8) is 0 Å². The van der Waals surface area contributed by atoms with Crippen molar-refractivity contribution in [1.82, 2.24) is 5.32 Å². The van der Waals surface area contributed by atoms with Crippen LogP contribution in [0.5, 0.6) is 0 Å². The fraction of sp³-hybridized carbons (Fsp3) is 0.350. The van der Waals surface area contributed by atoms with Gasteiger partial charge in [-0.15, -0.1) is 0 Å². The van der Waals surface area contributed by atoms with Crippen molar-refractivity contribution in [2.24, 2.45) is 0 Å². The van der Waals surface area contributed by atoms with Crippen LogP contribution >= 0.6 is 11.6 Å². The van der Waals surface area contributed by atoms with Crippen molar-refractivity contribution in [2.75, 3.05) is 10.6 Å². The van der Waals surface area contributed by atoms with Crippen LogP contribution in [0.25, 0.3) is 0 Å². The van der Waals surface area contributed by atoms with Crippen LogP contribution in [0.4, 0.5) is 5.69 Å². The third kappa shape index (κ3) is 6.26. The van der Waals surface area contributed by atoms with E-state index in [1.54, 1.807) is 48.5 Å². The second-order valence-electron chi connectivity index (χ2n) is 6.61. The number of benzene rings is 2. The molecule has 2 aromatic carbocycles. The summed E-state index contributed by atoms with van der Waals surface area (Å²) < 4.78 is 25.8. The van der Waals surface area contributed by atoms with Gasteiger partial charge in [0.25, 0.3) is 5.91 Å². The number of hydrogen-bond acceptors (Lipinski definition) is 3. The summed E-state index contributed by atoms with van der Waals surface area (Å²) in [5.41, 5.74) is 1.83. The summed E-state index contributed by atoms with van der Waals surface area (Å²) in [5, 5.41) is 3.53. The number of sulfonamides is 1. The van der Waals surface area contributed by atoms with Gasteiger partial charge in [0.1, 0.15) is 0 Å². The Balaban J connectivity index is 2.19. The minimum Gasteiger partial charge on any atom is -0.350 e. The number of carbonyl (C=O) groups is 1. The third-order valence-electron chi connectivity index (χ3n) is 4.16. The van der Waals surface area contributed by atoms with Crippen LogP contribution < -0.4 is 9.62 Å². The molecule has 0 aliphatic rings. The van der Waals surface area contributed by atoms with Crippen LogP contribution in [0.2, 0.25) is 5.02 Å². The van der Waals surface area contributed by atoms with Crippen molar-refractivity contribution in [1.29, 1.82) is 0 Å². The SMILES string of the molecule is CCC[C@@H](C)NC(=O)c1ccc(N(Cc2ccc(Cl)cc2)S(C)(=O)=O)cc1. The van der Waals surface area contributed by atoms with Crippen molar-refractivity contribution >= 4 is 33.2 Å². The van der Waals surface area contributed by atoms with E-state index in [1.165, 1.54) is 4.31 Å². The molecule has 27 heavy (non-hydrogen) atoms. The summed E-state index contributed by atoms with van der Waals surface area (Å²) in [7, 11) is -3.49. The van der Waals surface area contributed by atoms with E-state index in [4.69, 9.17) is 11.6 Å². The van der Waals surface area contributed by atoms with E-state index in [0.717, 1.165) is 24.7 Å². The van der Waals surface area contributed by atoms with Gasteiger partial charge >= 0.3 is 0 Å². The molecule has 1 N–H and O–H groups in total. The number of anilines is 1. The molecular formula is C20H25ClN2O3S. The summed E-state index contributed by atoms with van der Waals surface area (Å²) in [5.74, 6) is -0.161. The molecule has 1 atom stereocenters. The number of nitrogens with one attached hydrogen (secondary N) is 1. The maximum Gasteiger partial charge on any atom is 0.251 e. The summed E-state index contributed by atoms with van der Waals surface area (Å²) in [6.45, 7) is 4.22. The van der Waals surface area contributed by atoms with Crippen LogP contribution in [0.1, 0.15) is 42.6 Å². The lowest BCUT2D eigenvalue weighted by Crippen LogP contribution is -2.32. The van der Waals surface area contributed by atoms with Gasteiger partial charge in [0.2, 0.25) is 10.0 Å². The first kappa shape index (κ1) is 21.3. The molecule has 0 bridgehead atoms. The average Bonchev–Trinajstić information content (AvgIpc) is 2.60. The minimum absolute atomic E-state index is 0.0969. The van der Waals surface area contributed by atoms with E-state index in [-0.39, 0.29) is 18.5 Å². The van der Waals surface area contributed by atoms with Crippen molar-refractivity contribution in [3.05, 3.63) is 64.7 Å². The summed E-state index contributed by atoms with van der Waals surface area (Å²) in [4.78, 5) is 12.3. The topological polar surface area (TPSA) is 66.5 Å². The van der Waals surface area contributed by atoms with Gasteiger partial charge in [-0.05, 0) is 55.3 Å². The van der Waals surface area contributed by atoms with Crippen LogP contribution in [-0.4, -0.2) is 26.6 Å². The van der Waals surface area contributed by atoms with Gasteiger partial charge in [-0.1, -0.05) is 37.1 Å². The van der Waals surface area contributed by atoms with E-state index in [2.05, 4.69) is 12.2 Å². The Kier molecular flexibility index (Phi) is 7.27. The molecule has 2 aromatic rings. The second kappa shape index (κ2) is 9.24. The van der Waals surface area contributed by atoms with Crippen LogP contribution in [-0.2, 0) is 16.6 Å². The van der Waals surface area contributed by atoms with Gasteiger partial charge in [-0.2, -0.15) is 0 Å². The normalized spacial score (nSPS) is 12.4. The Hall–Kier alpha value is -2.05. The highest BCUT2D eigenvalue weighted by atomic mass is 35.5. The van der Waals surface area contributed by atoms with Gasteiger partial charge in [0, 0.05) is 16.6 Å². The number of halogens is 1. The third-order valence-corrected chi connectivity index (χ3v) is 5.55. The molecule has 0 spiro atoms. The molecular weight excluding hydrogens is 384 g/mol. The maximum absolute atomic E-state index is 12.3. The minimum atomic E-state index is -3.49. The molecule has 0 saturated heterocycles. The zero-order valence-corrected chi connectivity index (χ0v) is 17.3. The van der Waals surface area contributed by atoms with E-state index in [9.17, 15) is 13.2 Å². The first-order valence-electron chi connectivity index (χ1n) is 8.83. The first-order valence-corrected chi connectivity index (χ1v) is 11.1. The lowest BCUT2D eigenvalue weighted by Gasteiger charge is -2.23. The van der Waals surface area contributed by atoms with E-state index < -0.39 is 10.0 Å². The van der Waals surface area contributed by atoms with E-state index in [1.807, 2.05) is 6.92 Å². The Labute approximate surface area is 166 Å². The molecule has 5 nitrogen and oxygen atoms in total. The first-order chi connectivity index (χ1) is 12.7. The van der Waals surface area contributed by atoms with Crippen LogP contribution in [0.15, 0.2) is 48.5 Å². The van der Waals surface area contributed by atoms with Gasteiger partial charge < -0.3 is 5.32 Å². The second-order valence-corrected chi connectivity index (χ2v) is 8.95. The standard InChI is InChI=1S/C20H25ClN2O3S/c1-4-5-15(2)22-20(24)17-8-12-19(13-9-17)23(27(3,25)26)14-16-6-10-18(21)11-7-16/h6-13,15H,4-5,14H2,1-3H3,(H,22,24)/t15-/m1/s1. The van der Waals surface area contributed by atoms with Crippen LogP contribution in [0.3, 0.4) is 0 Å². The average molecular weight is 409 g/mol. The fourth-order valence-corrected chi connectivity index (χ4v) is 3.76. The number of carbonyl (C=O) groups excluding carboxylic acids is 1. The highest BCUT2D eigenvalue weighted by Gasteiger charge is 2.18. The van der Waals surface area contributed by atoms with E-state index >= 15 is 0 Å². The largest absolute Gasteiger partial charge is 0.350 e. The summed E-state index contributed by atoms with van der Waals surface area (Å²) in [6, 6.07) is 13.7. The predicted molar refractivity (Wildman–Crippen MR) is 111 cm³/mol. The lowest BCUT2D eigenvalue weighted by atomic mass is 10.1. The lowest BCUT2D eigenvalue weighted by molar-refractivity contribution is 0.0938. The monoisotopic (exact) mass is 408 g/mol. The molecule has 0 aromatic heterocycles. The van der Waals surface area contributed by atoms with Crippen molar-refractivity contribution in [3.8, 4) is 0 Å². The highest BCUT2D eigenvalue weighted by Crippen LogP contribution is 2.22. The molecule has 2 rings (SSSR count). The fourth-order valence-electron chi connectivity index (χ4n) is 2.75. The van der Waals surface area contributed by atoms with Crippen molar-refractivity contribution < 1.29 is 13.2 Å². The molecule has 7 heteroatoms. The van der Waals surface area contributed by atoms with Gasteiger partial charge in [0.15, 0.2) is 0 Å². The Morgan fingerprint density at radius 1 is 1.11 bits per heavy atom. The predicted octanol–water partition coefficient (Wildman–Crippen LogP) is 4.22. The number of nitrogens with zero attached hydrogens (tertiary/aromatic N) is 1. The maximum atomic E-state index is 12.3. The Morgan fingerprint density at radius 2 is 1.70 bits per heavy atom. The van der Waals surface area contributed by atoms with Crippen LogP contribution in [0, 0.1) is 0 Å². The molecule has 0 unspecified atom stereocenters. The molecule has 0 fully saturated rings. The number of hydrogen-bond donors (Lipinski definition) is 1. The number of amides is 1. The Bertz CT molecular complexity index is 865. The molecule has 1 amide bonds. The molecule has 0 aliphatic heterocycles. The highest BCUT2D eigenvalue weighted by molar-refractivity contribution is 7.92. The van der Waals surface area contributed by atoms with Gasteiger partial charge in [-0.25, -0.2) is 8.42 Å². The van der Waals surface area contributed by atoms with Crippen molar-refractivity contribution in [2.45, 2.75) is 39.3 Å². The summed E-state index contributed by atoms with van der Waals surface area (Å²) in [6.07, 6.45) is 3.07. The zero-order chi connectivity index (χ0) is 20.0. The summed E-state index contributed by atoms with van der Waals surface area (Å²) >= 11 is 5.89. The molecule has 0 aliphatic carbocycles. The van der Waals surface area contributed by atoms with E-state index in [0.29, 0.717) is 16.3 Å². The molecule has 0 heterocycles. The van der Waals surface area contributed by atoms with Gasteiger partial charge in [-0.3, -0.25) is 9.10 Å².